The van der Waals surface area contributed by atoms with Crippen molar-refractivity contribution in [3.63, 3.8) is 0 Å². The van der Waals surface area contributed by atoms with Crippen molar-refractivity contribution in [2.45, 2.75) is 6.54 Å². The minimum Gasteiger partial charge on any atom is -0.373 e. The van der Waals surface area contributed by atoms with Crippen LogP contribution in [0, 0.1) is 0 Å². The zero-order valence-corrected chi connectivity index (χ0v) is 10.5. The van der Waals surface area contributed by atoms with Crippen molar-refractivity contribution in [2.75, 3.05) is 38.5 Å². The van der Waals surface area contributed by atoms with Gasteiger partial charge in [-0.15, -0.1) is 0 Å². The molecular weight excluding hydrogens is 228 g/mol. The molecule has 2 aromatic heterocycles. The Labute approximate surface area is 106 Å². The van der Waals surface area contributed by atoms with E-state index >= 15 is 0 Å². The molecule has 6 nitrogen and oxygen atoms in total. The number of aromatic amines is 1. The van der Waals surface area contributed by atoms with Crippen LogP contribution in [0.4, 0.5) is 5.82 Å². The molecule has 1 fully saturated rings. The summed E-state index contributed by atoms with van der Waals surface area (Å²) < 4.78 is 0. The fourth-order valence-corrected chi connectivity index (χ4v) is 2.24. The van der Waals surface area contributed by atoms with Gasteiger partial charge in [0.05, 0.1) is 12.1 Å². The molecule has 0 unspecified atom stereocenters. The second-order valence-electron chi connectivity index (χ2n) is 4.53. The molecule has 96 valence electrons. The van der Waals surface area contributed by atoms with Gasteiger partial charge in [-0.05, 0) is 12.1 Å². The van der Waals surface area contributed by atoms with E-state index in [1.54, 1.807) is 0 Å². The van der Waals surface area contributed by atoms with Crippen molar-refractivity contribution in [1.29, 1.82) is 0 Å². The first-order chi connectivity index (χ1) is 8.85. The highest BCUT2D eigenvalue weighted by molar-refractivity contribution is 5.72. The summed E-state index contributed by atoms with van der Waals surface area (Å²) in [6, 6.07) is 3.97. The molecule has 0 saturated carbocycles. The Balaban J connectivity index is 1.79. The van der Waals surface area contributed by atoms with Crippen LogP contribution in [-0.4, -0.2) is 53.1 Å². The first-order valence-corrected chi connectivity index (χ1v) is 6.31. The predicted molar refractivity (Wildman–Crippen MR) is 71.6 cm³/mol. The van der Waals surface area contributed by atoms with E-state index in [2.05, 4.69) is 30.5 Å². The third kappa shape index (κ3) is 2.30. The number of rotatable bonds is 3. The fraction of sp³-hybridized carbons (Fsp3) is 0.500. The summed E-state index contributed by atoms with van der Waals surface area (Å²) in [5.41, 5.74) is 1.78. The fourth-order valence-electron chi connectivity index (χ4n) is 2.24. The summed E-state index contributed by atoms with van der Waals surface area (Å²) in [6.45, 7) is 5.14. The number of pyridine rings is 1. The largest absolute Gasteiger partial charge is 0.373 e. The second kappa shape index (κ2) is 4.91. The molecule has 0 bridgehead atoms. The molecule has 3 heterocycles. The summed E-state index contributed by atoms with van der Waals surface area (Å²) in [6.07, 6.45) is 0. The molecule has 2 aromatic rings. The molecular formula is C12H18N6. The van der Waals surface area contributed by atoms with Crippen LogP contribution in [0.2, 0.25) is 0 Å². The molecule has 0 atom stereocenters. The molecule has 3 N–H and O–H groups in total. The second-order valence-corrected chi connectivity index (χ2v) is 4.53. The maximum absolute atomic E-state index is 4.55. The topological polar surface area (TPSA) is 68.9 Å². The van der Waals surface area contributed by atoms with Crippen LogP contribution in [-0.2, 0) is 6.54 Å². The van der Waals surface area contributed by atoms with Gasteiger partial charge in [0.2, 0.25) is 0 Å². The lowest BCUT2D eigenvalue weighted by Crippen LogP contribution is -2.43. The normalized spacial score (nSPS) is 17.2. The minimum atomic E-state index is 0.784. The molecule has 0 aliphatic carbocycles. The number of nitrogens with zero attached hydrogens (tertiary/aromatic N) is 3. The van der Waals surface area contributed by atoms with Gasteiger partial charge in [0, 0.05) is 33.2 Å². The van der Waals surface area contributed by atoms with Gasteiger partial charge >= 0.3 is 0 Å². The van der Waals surface area contributed by atoms with E-state index in [-0.39, 0.29) is 0 Å². The Morgan fingerprint density at radius 3 is 2.89 bits per heavy atom. The van der Waals surface area contributed by atoms with E-state index in [0.717, 1.165) is 55.5 Å². The standard InChI is InChI=1S/C12H18N6/c1-13-10-3-2-9-12(16-10)17-11(15-9)8-18-6-4-14-5-7-18/h2-3,14H,4-8H2,1H3,(H2,13,15,16,17). The predicted octanol–water partition coefficient (Wildman–Crippen LogP) is 0.405. The molecule has 6 heteroatoms. The summed E-state index contributed by atoms with van der Waals surface area (Å²) in [5, 5.41) is 6.38. The van der Waals surface area contributed by atoms with E-state index in [1.165, 1.54) is 0 Å². The van der Waals surface area contributed by atoms with E-state index in [4.69, 9.17) is 0 Å². The Bertz CT molecular complexity index is 528. The van der Waals surface area contributed by atoms with Gasteiger partial charge < -0.3 is 15.6 Å². The third-order valence-corrected chi connectivity index (χ3v) is 3.23. The van der Waals surface area contributed by atoms with Gasteiger partial charge in [-0.1, -0.05) is 0 Å². The van der Waals surface area contributed by atoms with Crippen LogP contribution in [0.3, 0.4) is 0 Å². The number of imidazole rings is 1. The highest BCUT2D eigenvalue weighted by Crippen LogP contribution is 2.13. The van der Waals surface area contributed by atoms with Crippen LogP contribution in [0.1, 0.15) is 5.82 Å². The number of hydrogen-bond acceptors (Lipinski definition) is 5. The Morgan fingerprint density at radius 2 is 2.11 bits per heavy atom. The molecule has 0 aromatic carbocycles. The van der Waals surface area contributed by atoms with Crippen molar-refractivity contribution in [2.24, 2.45) is 0 Å². The summed E-state index contributed by atoms with van der Waals surface area (Å²) >= 11 is 0. The zero-order valence-electron chi connectivity index (χ0n) is 10.5. The average molecular weight is 246 g/mol. The quantitative estimate of drug-likeness (QED) is 0.731. The lowest BCUT2D eigenvalue weighted by Gasteiger charge is -2.26. The van der Waals surface area contributed by atoms with Gasteiger partial charge in [-0.3, -0.25) is 4.90 Å². The molecule has 3 rings (SSSR count). The highest BCUT2D eigenvalue weighted by Gasteiger charge is 2.12. The molecule has 0 amide bonds. The number of fused-ring (bicyclic) bond motifs is 1. The maximum atomic E-state index is 4.55. The molecule has 0 spiro atoms. The van der Waals surface area contributed by atoms with Crippen molar-refractivity contribution < 1.29 is 0 Å². The zero-order chi connectivity index (χ0) is 12.4. The van der Waals surface area contributed by atoms with Crippen LogP contribution >= 0.6 is 0 Å². The van der Waals surface area contributed by atoms with Crippen LogP contribution in [0.15, 0.2) is 12.1 Å². The first kappa shape index (κ1) is 11.4. The number of anilines is 1. The van der Waals surface area contributed by atoms with Crippen LogP contribution in [0.5, 0.6) is 0 Å². The van der Waals surface area contributed by atoms with E-state index in [9.17, 15) is 0 Å². The average Bonchev–Trinajstić information content (AvgIpc) is 2.80. The molecule has 1 aliphatic rings. The van der Waals surface area contributed by atoms with E-state index < -0.39 is 0 Å². The summed E-state index contributed by atoms with van der Waals surface area (Å²) in [5.74, 6) is 1.84. The highest BCUT2D eigenvalue weighted by atomic mass is 15.2. The SMILES string of the molecule is CNc1ccc2[nH]c(CN3CCNCC3)nc2n1. The number of hydrogen-bond donors (Lipinski definition) is 3. The summed E-state index contributed by atoms with van der Waals surface area (Å²) in [7, 11) is 1.86. The molecule has 1 saturated heterocycles. The van der Waals surface area contributed by atoms with Crippen molar-refractivity contribution in [3.8, 4) is 0 Å². The van der Waals surface area contributed by atoms with Crippen molar-refractivity contribution in [1.82, 2.24) is 25.2 Å². The first-order valence-electron chi connectivity index (χ1n) is 6.31. The monoisotopic (exact) mass is 246 g/mol. The van der Waals surface area contributed by atoms with Crippen molar-refractivity contribution in [3.05, 3.63) is 18.0 Å². The van der Waals surface area contributed by atoms with Crippen LogP contribution in [0.25, 0.3) is 11.2 Å². The number of H-pyrrole nitrogens is 1. The van der Waals surface area contributed by atoms with Gasteiger partial charge in [-0.25, -0.2) is 9.97 Å². The van der Waals surface area contributed by atoms with Gasteiger partial charge in [-0.2, -0.15) is 0 Å². The van der Waals surface area contributed by atoms with Gasteiger partial charge in [0.25, 0.3) is 0 Å². The van der Waals surface area contributed by atoms with Crippen LogP contribution < -0.4 is 10.6 Å². The Kier molecular flexibility index (Phi) is 3.12. The smallest absolute Gasteiger partial charge is 0.179 e. The van der Waals surface area contributed by atoms with Crippen molar-refractivity contribution >= 4 is 17.0 Å². The Hall–Kier alpha value is -1.66. The summed E-state index contributed by atoms with van der Waals surface area (Å²) in [4.78, 5) is 14.7. The number of aromatic nitrogens is 3. The third-order valence-electron chi connectivity index (χ3n) is 3.23. The van der Waals surface area contributed by atoms with E-state index in [1.807, 2.05) is 19.2 Å². The molecule has 0 radical (unpaired) electrons. The maximum Gasteiger partial charge on any atom is 0.179 e. The lowest BCUT2D eigenvalue weighted by atomic mass is 10.3. The van der Waals surface area contributed by atoms with Gasteiger partial charge in [0.15, 0.2) is 5.65 Å². The minimum absolute atomic E-state index is 0.784. The number of nitrogens with one attached hydrogen (secondary N) is 3. The number of piperazine rings is 1. The molecule has 18 heavy (non-hydrogen) atoms. The lowest BCUT2D eigenvalue weighted by molar-refractivity contribution is 0.229. The Morgan fingerprint density at radius 1 is 1.28 bits per heavy atom. The van der Waals surface area contributed by atoms with E-state index in [0.29, 0.717) is 0 Å². The molecule has 1 aliphatic heterocycles. The van der Waals surface area contributed by atoms with Gasteiger partial charge in [0.1, 0.15) is 11.6 Å².